The minimum absolute atomic E-state index is 0.313. The van der Waals surface area contributed by atoms with Gasteiger partial charge in [-0.05, 0) is 36.4 Å². The van der Waals surface area contributed by atoms with Crippen LogP contribution in [0.4, 0.5) is 5.69 Å². The molecule has 128 valence electrons. The number of anilines is 1. The van der Waals surface area contributed by atoms with E-state index in [0.717, 1.165) is 38.5 Å². The Balaban J connectivity index is 1.40. The van der Waals surface area contributed by atoms with Crippen LogP contribution < -0.4 is 14.5 Å². The van der Waals surface area contributed by atoms with Crippen molar-refractivity contribution in [1.82, 2.24) is 0 Å². The van der Waals surface area contributed by atoms with Gasteiger partial charge in [-0.3, -0.25) is 0 Å². The number of ether oxygens (including phenoxy) is 1. The van der Waals surface area contributed by atoms with Gasteiger partial charge in [-0.15, -0.1) is 0 Å². The molecule has 0 bridgehead atoms. The molecule has 0 amide bonds. The first-order valence-corrected chi connectivity index (χ1v) is 8.78. The van der Waals surface area contributed by atoms with Gasteiger partial charge < -0.3 is 19.6 Å². The average Bonchev–Trinajstić information content (AvgIpc) is 2.63. The summed E-state index contributed by atoms with van der Waals surface area (Å²) in [6.45, 7) is 5.14. The molecular weight excluding hydrogens is 324 g/mol. The number of hydrogen-bond donors (Lipinski definition) is 2. The lowest BCUT2D eigenvalue weighted by Crippen LogP contribution is -3.16. The van der Waals surface area contributed by atoms with Crippen LogP contribution in [0.3, 0.4) is 0 Å². The molecule has 1 fully saturated rings. The zero-order valence-electron chi connectivity index (χ0n) is 13.7. The molecule has 1 aliphatic heterocycles. The van der Waals surface area contributed by atoms with Crippen LogP contribution in [0.15, 0.2) is 54.6 Å². The van der Waals surface area contributed by atoms with Crippen LogP contribution in [0.1, 0.15) is 0 Å². The molecule has 1 saturated heterocycles. The Labute approximate surface area is 148 Å². The van der Waals surface area contributed by atoms with E-state index < -0.39 is 6.10 Å². The number of nitrogens with one attached hydrogen (secondary N) is 1. The van der Waals surface area contributed by atoms with Crippen molar-refractivity contribution >= 4 is 17.3 Å². The number of aliphatic hydroxyl groups excluding tert-OH is 1. The molecule has 0 aromatic heterocycles. The zero-order valence-corrected chi connectivity index (χ0v) is 14.5. The van der Waals surface area contributed by atoms with Crippen molar-refractivity contribution in [2.45, 2.75) is 6.10 Å². The first-order chi connectivity index (χ1) is 11.7. The normalized spacial score (nSPS) is 16.8. The number of rotatable bonds is 6. The van der Waals surface area contributed by atoms with E-state index >= 15 is 0 Å². The molecule has 5 heteroatoms. The van der Waals surface area contributed by atoms with E-state index in [4.69, 9.17) is 16.3 Å². The maximum absolute atomic E-state index is 10.2. The number of quaternary nitrogens is 1. The van der Waals surface area contributed by atoms with Crippen LogP contribution in [0.2, 0.25) is 5.02 Å². The summed E-state index contributed by atoms with van der Waals surface area (Å²) in [6, 6.07) is 17.7. The van der Waals surface area contributed by atoms with Gasteiger partial charge in [0.15, 0.2) is 0 Å². The zero-order chi connectivity index (χ0) is 16.8. The summed E-state index contributed by atoms with van der Waals surface area (Å²) in [6.07, 6.45) is -0.459. The molecule has 24 heavy (non-hydrogen) atoms. The van der Waals surface area contributed by atoms with Crippen molar-refractivity contribution in [3.8, 4) is 5.75 Å². The Kier molecular flexibility index (Phi) is 5.96. The number of nitrogens with zero attached hydrogens (tertiary/aromatic N) is 1. The molecule has 1 aliphatic rings. The SMILES string of the molecule is OC(COc1ccc(Cl)cc1)C[NH+]1CCN(c2ccccc2)CC1. The maximum Gasteiger partial charge on any atom is 0.137 e. The summed E-state index contributed by atoms with van der Waals surface area (Å²) in [5, 5.41) is 10.9. The molecule has 0 aliphatic carbocycles. The molecule has 2 N–H and O–H groups in total. The van der Waals surface area contributed by atoms with E-state index in [1.165, 1.54) is 10.6 Å². The van der Waals surface area contributed by atoms with Gasteiger partial charge in [-0.1, -0.05) is 29.8 Å². The highest BCUT2D eigenvalue weighted by molar-refractivity contribution is 6.30. The van der Waals surface area contributed by atoms with E-state index in [1.807, 2.05) is 18.2 Å². The van der Waals surface area contributed by atoms with Crippen molar-refractivity contribution in [1.29, 1.82) is 0 Å². The van der Waals surface area contributed by atoms with Crippen molar-refractivity contribution in [3.63, 3.8) is 0 Å². The van der Waals surface area contributed by atoms with Crippen LogP contribution in [0.25, 0.3) is 0 Å². The number of para-hydroxylation sites is 1. The van der Waals surface area contributed by atoms with E-state index in [0.29, 0.717) is 11.6 Å². The smallest absolute Gasteiger partial charge is 0.137 e. The van der Waals surface area contributed by atoms with Crippen LogP contribution in [-0.2, 0) is 0 Å². The average molecular weight is 348 g/mol. The monoisotopic (exact) mass is 347 g/mol. The van der Waals surface area contributed by atoms with Crippen LogP contribution in [0, 0.1) is 0 Å². The fraction of sp³-hybridized carbons (Fsp3) is 0.368. The van der Waals surface area contributed by atoms with Gasteiger partial charge in [0.1, 0.15) is 25.0 Å². The highest BCUT2D eigenvalue weighted by Crippen LogP contribution is 2.15. The molecule has 0 radical (unpaired) electrons. The summed E-state index contributed by atoms with van der Waals surface area (Å²) < 4.78 is 5.62. The summed E-state index contributed by atoms with van der Waals surface area (Å²) in [5.74, 6) is 0.738. The Hall–Kier alpha value is -1.75. The highest BCUT2D eigenvalue weighted by Gasteiger charge is 2.22. The molecule has 1 atom stereocenters. The van der Waals surface area contributed by atoms with Crippen molar-refractivity contribution < 1.29 is 14.7 Å². The van der Waals surface area contributed by atoms with Crippen LogP contribution in [-0.4, -0.2) is 50.5 Å². The third kappa shape index (κ3) is 4.87. The van der Waals surface area contributed by atoms with Gasteiger partial charge in [0, 0.05) is 10.7 Å². The maximum atomic E-state index is 10.2. The van der Waals surface area contributed by atoms with Crippen molar-refractivity contribution in [3.05, 3.63) is 59.6 Å². The second-order valence-corrected chi connectivity index (χ2v) is 6.63. The minimum atomic E-state index is -0.459. The molecule has 2 aromatic rings. The van der Waals surface area contributed by atoms with E-state index in [9.17, 15) is 5.11 Å². The standard InChI is InChI=1S/C19H23ClN2O2/c20-16-6-8-19(9-7-16)24-15-18(23)14-21-10-12-22(13-11-21)17-4-2-1-3-5-17/h1-9,18,23H,10-15H2/p+1. The third-order valence-corrected chi connectivity index (χ3v) is 4.62. The van der Waals surface area contributed by atoms with Crippen LogP contribution >= 0.6 is 11.6 Å². The lowest BCUT2D eigenvalue weighted by Gasteiger charge is -2.34. The summed E-state index contributed by atoms with van der Waals surface area (Å²) in [7, 11) is 0. The van der Waals surface area contributed by atoms with Gasteiger partial charge in [0.05, 0.1) is 26.2 Å². The van der Waals surface area contributed by atoms with Gasteiger partial charge in [-0.2, -0.15) is 0 Å². The lowest BCUT2D eigenvalue weighted by molar-refractivity contribution is -0.903. The number of aliphatic hydroxyl groups is 1. The van der Waals surface area contributed by atoms with Gasteiger partial charge in [0.2, 0.25) is 0 Å². The molecule has 2 aromatic carbocycles. The first-order valence-electron chi connectivity index (χ1n) is 8.41. The van der Waals surface area contributed by atoms with Gasteiger partial charge in [0.25, 0.3) is 0 Å². The fourth-order valence-electron chi connectivity index (χ4n) is 3.04. The minimum Gasteiger partial charge on any atom is -0.491 e. The highest BCUT2D eigenvalue weighted by atomic mass is 35.5. The van der Waals surface area contributed by atoms with E-state index in [-0.39, 0.29) is 0 Å². The fourth-order valence-corrected chi connectivity index (χ4v) is 3.17. The topological polar surface area (TPSA) is 37.1 Å². The largest absolute Gasteiger partial charge is 0.491 e. The third-order valence-electron chi connectivity index (χ3n) is 4.37. The van der Waals surface area contributed by atoms with Crippen molar-refractivity contribution in [2.24, 2.45) is 0 Å². The van der Waals surface area contributed by atoms with Crippen molar-refractivity contribution in [2.75, 3.05) is 44.2 Å². The van der Waals surface area contributed by atoms with Gasteiger partial charge in [-0.25, -0.2) is 0 Å². The molecule has 0 spiro atoms. The first kappa shape index (κ1) is 17.1. The predicted octanol–water partition coefficient (Wildman–Crippen LogP) is 1.48. The number of piperazine rings is 1. The quantitative estimate of drug-likeness (QED) is 0.831. The summed E-state index contributed by atoms with van der Waals surface area (Å²) in [5.41, 5.74) is 1.28. The number of benzene rings is 2. The molecule has 1 unspecified atom stereocenters. The predicted molar refractivity (Wildman–Crippen MR) is 97.2 cm³/mol. The van der Waals surface area contributed by atoms with Crippen LogP contribution in [0.5, 0.6) is 5.75 Å². The molecule has 3 rings (SSSR count). The Morgan fingerprint density at radius 3 is 2.38 bits per heavy atom. The van der Waals surface area contributed by atoms with E-state index in [2.05, 4.69) is 29.2 Å². The Bertz CT molecular complexity index is 613. The Morgan fingerprint density at radius 1 is 1.04 bits per heavy atom. The Morgan fingerprint density at radius 2 is 1.71 bits per heavy atom. The lowest BCUT2D eigenvalue weighted by atomic mass is 10.2. The molecular formula is C19H24ClN2O2+. The molecule has 4 nitrogen and oxygen atoms in total. The second-order valence-electron chi connectivity index (χ2n) is 6.20. The summed E-state index contributed by atoms with van der Waals surface area (Å²) >= 11 is 5.85. The van der Waals surface area contributed by atoms with E-state index in [1.54, 1.807) is 12.1 Å². The number of halogens is 1. The summed E-state index contributed by atoms with van der Waals surface area (Å²) in [4.78, 5) is 3.83. The molecule has 0 saturated carbocycles. The molecule has 1 heterocycles. The second kappa shape index (κ2) is 8.38. The number of hydrogen-bond acceptors (Lipinski definition) is 3. The van der Waals surface area contributed by atoms with Gasteiger partial charge >= 0.3 is 0 Å².